The number of anilines is 1. The van der Waals surface area contributed by atoms with Crippen molar-refractivity contribution in [3.05, 3.63) is 71.1 Å². The Balaban J connectivity index is 1.76. The fourth-order valence-electron chi connectivity index (χ4n) is 1.94. The maximum Gasteiger partial charge on any atom is 0.123 e. The smallest absolute Gasteiger partial charge is 0.123 e. The number of halogens is 2. The Labute approximate surface area is 131 Å². The molecule has 2 N–H and O–H groups in total. The van der Waals surface area contributed by atoms with Crippen LogP contribution in [0.1, 0.15) is 5.56 Å². The molecule has 0 aliphatic carbocycles. The van der Waals surface area contributed by atoms with Gasteiger partial charge in [0.2, 0.25) is 0 Å². The third kappa shape index (κ3) is 3.32. The van der Waals surface area contributed by atoms with E-state index in [1.54, 1.807) is 36.7 Å². The molecule has 1 aromatic heterocycles. The zero-order valence-corrected chi connectivity index (χ0v) is 12.2. The zero-order valence-electron chi connectivity index (χ0n) is 11.4. The van der Waals surface area contributed by atoms with Gasteiger partial charge in [-0.1, -0.05) is 11.6 Å². The van der Waals surface area contributed by atoms with Gasteiger partial charge in [0.15, 0.2) is 0 Å². The zero-order chi connectivity index (χ0) is 15.4. The molecule has 0 unspecified atom stereocenters. The van der Waals surface area contributed by atoms with Gasteiger partial charge < -0.3 is 0 Å². The maximum atomic E-state index is 13.0. The van der Waals surface area contributed by atoms with Gasteiger partial charge in [-0.2, -0.15) is 10.2 Å². The number of H-pyrrole nitrogens is 1. The van der Waals surface area contributed by atoms with E-state index in [1.165, 1.54) is 12.1 Å². The van der Waals surface area contributed by atoms with Crippen molar-refractivity contribution in [1.82, 2.24) is 10.2 Å². The second-order valence-electron chi connectivity index (χ2n) is 4.58. The average molecular weight is 315 g/mol. The lowest BCUT2D eigenvalue weighted by atomic mass is 10.1. The summed E-state index contributed by atoms with van der Waals surface area (Å²) >= 11 is 5.82. The Morgan fingerprint density at radius 3 is 2.55 bits per heavy atom. The molecule has 22 heavy (non-hydrogen) atoms. The minimum atomic E-state index is -0.275. The minimum absolute atomic E-state index is 0.275. The molecule has 0 radical (unpaired) electrons. The summed E-state index contributed by atoms with van der Waals surface area (Å²) < 4.78 is 13.0. The molecule has 2 aromatic carbocycles. The Bertz CT molecular complexity index is 779. The summed E-state index contributed by atoms with van der Waals surface area (Å²) in [6.07, 6.45) is 3.31. The topological polar surface area (TPSA) is 53.1 Å². The molecule has 0 spiro atoms. The van der Waals surface area contributed by atoms with Crippen LogP contribution >= 0.6 is 11.6 Å². The SMILES string of the molecule is Fc1ccc(-c2[nH]ncc2/C=N/Nc2ccc(Cl)cc2)cc1. The molecule has 0 saturated heterocycles. The van der Waals surface area contributed by atoms with E-state index in [9.17, 15) is 4.39 Å². The van der Waals surface area contributed by atoms with Gasteiger partial charge in [0.05, 0.1) is 23.8 Å². The molecule has 3 aromatic rings. The summed E-state index contributed by atoms with van der Waals surface area (Å²) in [7, 11) is 0. The highest BCUT2D eigenvalue weighted by Crippen LogP contribution is 2.20. The third-order valence-electron chi connectivity index (χ3n) is 3.04. The van der Waals surface area contributed by atoms with Crippen LogP contribution in [0.25, 0.3) is 11.3 Å². The summed E-state index contributed by atoms with van der Waals surface area (Å²) in [6.45, 7) is 0. The van der Waals surface area contributed by atoms with Gasteiger partial charge in [-0.25, -0.2) is 4.39 Å². The van der Waals surface area contributed by atoms with Crippen LogP contribution in [0.4, 0.5) is 10.1 Å². The number of hydrogen-bond acceptors (Lipinski definition) is 3. The summed E-state index contributed by atoms with van der Waals surface area (Å²) in [5, 5.41) is 11.7. The highest BCUT2D eigenvalue weighted by molar-refractivity contribution is 6.30. The van der Waals surface area contributed by atoms with E-state index in [2.05, 4.69) is 20.7 Å². The molecular weight excluding hydrogens is 303 g/mol. The number of hydrazone groups is 1. The number of rotatable bonds is 4. The normalized spacial score (nSPS) is 11.0. The first-order valence-corrected chi connectivity index (χ1v) is 6.94. The Morgan fingerprint density at radius 1 is 1.09 bits per heavy atom. The fraction of sp³-hybridized carbons (Fsp3) is 0. The highest BCUT2D eigenvalue weighted by atomic mass is 35.5. The second-order valence-corrected chi connectivity index (χ2v) is 5.02. The predicted octanol–water partition coefficient (Wildman–Crippen LogP) is 4.32. The Hall–Kier alpha value is -2.66. The summed E-state index contributed by atoms with van der Waals surface area (Å²) in [4.78, 5) is 0. The first-order chi connectivity index (χ1) is 10.7. The molecule has 0 saturated carbocycles. The average Bonchev–Trinajstić information content (AvgIpc) is 2.98. The molecular formula is C16H12ClFN4. The molecule has 6 heteroatoms. The highest BCUT2D eigenvalue weighted by Gasteiger charge is 2.05. The standard InChI is InChI=1S/C16H12ClFN4/c17-13-3-7-15(8-4-13)21-19-9-12-10-20-22-16(12)11-1-5-14(18)6-2-11/h1-10,21H,(H,20,22)/b19-9+. The maximum absolute atomic E-state index is 13.0. The van der Waals surface area contributed by atoms with Crippen molar-refractivity contribution in [2.24, 2.45) is 5.10 Å². The molecule has 4 nitrogen and oxygen atoms in total. The number of aromatic amines is 1. The summed E-state index contributed by atoms with van der Waals surface area (Å²) in [6, 6.07) is 13.4. The van der Waals surface area contributed by atoms with Crippen LogP contribution in [0.5, 0.6) is 0 Å². The van der Waals surface area contributed by atoms with Crippen LogP contribution in [-0.2, 0) is 0 Å². The van der Waals surface area contributed by atoms with E-state index >= 15 is 0 Å². The fourth-order valence-corrected chi connectivity index (χ4v) is 2.07. The van der Waals surface area contributed by atoms with Crippen LogP contribution in [0.2, 0.25) is 5.02 Å². The van der Waals surface area contributed by atoms with Crippen LogP contribution in [0.15, 0.2) is 59.8 Å². The number of benzene rings is 2. The molecule has 3 rings (SSSR count). The van der Waals surface area contributed by atoms with Crippen molar-refractivity contribution in [1.29, 1.82) is 0 Å². The van der Waals surface area contributed by atoms with E-state index in [-0.39, 0.29) is 5.82 Å². The van der Waals surface area contributed by atoms with Gasteiger partial charge >= 0.3 is 0 Å². The minimum Gasteiger partial charge on any atom is -0.279 e. The van der Waals surface area contributed by atoms with Crippen molar-refractivity contribution in [3.63, 3.8) is 0 Å². The van der Waals surface area contributed by atoms with Crippen molar-refractivity contribution in [3.8, 4) is 11.3 Å². The van der Waals surface area contributed by atoms with Crippen molar-refractivity contribution in [2.75, 3.05) is 5.43 Å². The van der Waals surface area contributed by atoms with Crippen molar-refractivity contribution < 1.29 is 4.39 Å². The van der Waals surface area contributed by atoms with E-state index in [0.717, 1.165) is 22.5 Å². The van der Waals surface area contributed by atoms with Gasteiger partial charge in [-0.15, -0.1) is 0 Å². The molecule has 110 valence electrons. The molecule has 1 heterocycles. The number of hydrogen-bond donors (Lipinski definition) is 2. The Kier molecular flexibility index (Phi) is 4.16. The monoisotopic (exact) mass is 314 g/mol. The second kappa shape index (κ2) is 6.41. The number of nitrogens with one attached hydrogen (secondary N) is 2. The molecule has 0 atom stereocenters. The van der Waals surface area contributed by atoms with Gasteiger partial charge in [-0.3, -0.25) is 10.5 Å². The van der Waals surface area contributed by atoms with Crippen LogP contribution in [0, 0.1) is 5.82 Å². The number of aromatic nitrogens is 2. The quantitative estimate of drug-likeness (QED) is 0.557. The van der Waals surface area contributed by atoms with Crippen molar-refractivity contribution >= 4 is 23.5 Å². The summed E-state index contributed by atoms with van der Waals surface area (Å²) in [5.74, 6) is -0.275. The molecule has 0 bridgehead atoms. The first kappa shape index (κ1) is 14.3. The van der Waals surface area contributed by atoms with Gasteiger partial charge in [-0.05, 0) is 48.5 Å². The third-order valence-corrected chi connectivity index (χ3v) is 3.30. The van der Waals surface area contributed by atoms with Crippen LogP contribution in [0.3, 0.4) is 0 Å². The number of nitrogens with zero attached hydrogens (tertiary/aromatic N) is 2. The molecule has 0 fully saturated rings. The first-order valence-electron chi connectivity index (χ1n) is 6.56. The largest absolute Gasteiger partial charge is 0.279 e. The lowest BCUT2D eigenvalue weighted by Crippen LogP contribution is -1.91. The molecule has 0 aliphatic rings. The van der Waals surface area contributed by atoms with Crippen LogP contribution in [-0.4, -0.2) is 16.4 Å². The van der Waals surface area contributed by atoms with E-state index in [0.29, 0.717) is 5.02 Å². The van der Waals surface area contributed by atoms with Gasteiger partial charge in [0.1, 0.15) is 5.82 Å². The molecule has 0 aliphatic heterocycles. The Morgan fingerprint density at radius 2 is 1.82 bits per heavy atom. The van der Waals surface area contributed by atoms with Crippen molar-refractivity contribution in [2.45, 2.75) is 0 Å². The summed E-state index contributed by atoms with van der Waals surface area (Å²) in [5.41, 5.74) is 6.15. The van der Waals surface area contributed by atoms with Gasteiger partial charge in [0, 0.05) is 16.1 Å². The van der Waals surface area contributed by atoms with E-state index in [1.807, 2.05) is 12.1 Å². The lowest BCUT2D eigenvalue weighted by molar-refractivity contribution is 0.628. The molecule has 0 amide bonds. The predicted molar refractivity (Wildman–Crippen MR) is 86.7 cm³/mol. The lowest BCUT2D eigenvalue weighted by Gasteiger charge is -2.01. The van der Waals surface area contributed by atoms with E-state index in [4.69, 9.17) is 11.6 Å². The van der Waals surface area contributed by atoms with E-state index < -0.39 is 0 Å². The van der Waals surface area contributed by atoms with Crippen LogP contribution < -0.4 is 5.43 Å². The van der Waals surface area contributed by atoms with Gasteiger partial charge in [0.25, 0.3) is 0 Å².